The summed E-state index contributed by atoms with van der Waals surface area (Å²) < 4.78 is 68.2. The maximum absolute atomic E-state index is 9.00. The van der Waals surface area contributed by atoms with Crippen LogP contribution in [0.5, 0.6) is 0 Å². The molecule has 0 aromatic rings. The van der Waals surface area contributed by atoms with Gasteiger partial charge in [-0.1, -0.05) is 0 Å². The molecule has 0 aliphatic rings. The van der Waals surface area contributed by atoms with Gasteiger partial charge in [0.2, 0.25) is 0 Å². The maximum atomic E-state index is 9.00. The first-order chi connectivity index (χ1) is 10.9. The Balaban J connectivity index is -0.0000000195. The summed E-state index contributed by atoms with van der Waals surface area (Å²) in [5.41, 5.74) is 34.0. The first kappa shape index (κ1) is 63.0. The molecular formula is C4H23N8O15S2Th+. The van der Waals surface area contributed by atoms with Crippen LogP contribution in [0.15, 0.2) is 0 Å². The van der Waals surface area contributed by atoms with Gasteiger partial charge in [0, 0.05) is 20.8 Å². The normalized spacial score (nSPS) is 7.07. The summed E-state index contributed by atoms with van der Waals surface area (Å²) in [4.78, 5) is 36.0. The Morgan fingerprint density at radius 2 is 0.467 bits per heavy atom. The minimum Gasteiger partial charge on any atom is -0.759 e. The second-order valence-corrected chi connectivity index (χ2v) is 4.06. The van der Waals surface area contributed by atoms with Gasteiger partial charge in [0.05, 0.1) is 0 Å². The summed E-state index contributed by atoms with van der Waals surface area (Å²) in [6.45, 7) is 0. The fraction of sp³-hybridized carbons (Fsp3) is 0. The predicted molar refractivity (Wildman–Crippen MR) is 88.1 cm³/mol. The van der Waals surface area contributed by atoms with E-state index in [1.807, 2.05) is 0 Å². The van der Waals surface area contributed by atoms with Gasteiger partial charge in [-0.3, -0.25) is 16.8 Å². The molecule has 30 heavy (non-hydrogen) atoms. The van der Waals surface area contributed by atoms with E-state index in [4.69, 9.17) is 54.2 Å². The maximum Gasteiger partial charge on any atom is 4.00 e. The van der Waals surface area contributed by atoms with Crippen molar-refractivity contribution in [1.82, 2.24) is 0 Å². The quantitative estimate of drug-likeness (QED) is 0.0657. The van der Waals surface area contributed by atoms with Gasteiger partial charge < -0.3 is 80.5 Å². The molecule has 0 heterocycles. The van der Waals surface area contributed by atoms with Crippen LogP contribution >= 0.6 is 0 Å². The van der Waals surface area contributed by atoms with E-state index in [0.717, 1.165) is 0 Å². The fourth-order valence-corrected chi connectivity index (χ4v) is 0. The first-order valence-electron chi connectivity index (χ1n) is 4.46. The Bertz CT molecular complexity index is 498. The van der Waals surface area contributed by atoms with Gasteiger partial charge >= 0.3 is 64.1 Å². The predicted octanol–water partition coefficient (Wildman–Crippen LogP) is -9.15. The van der Waals surface area contributed by atoms with Crippen molar-refractivity contribution in [2.45, 2.75) is 0 Å². The van der Waals surface area contributed by atoms with Crippen LogP contribution in [0, 0.1) is 39.9 Å². The van der Waals surface area contributed by atoms with Gasteiger partial charge in [-0.05, 0) is 0 Å². The summed E-state index contributed by atoms with van der Waals surface area (Å²) in [7, 11) is -10.3. The van der Waals surface area contributed by atoms with Gasteiger partial charge in [-0.15, -0.1) is 0 Å². The Hall–Kier alpha value is -1.98. The van der Waals surface area contributed by atoms with Crippen LogP contribution in [0.2, 0.25) is 0 Å². The summed E-state index contributed by atoms with van der Waals surface area (Å²) in [6, 6.07) is -3.33. The minimum absolute atomic E-state index is 0. The SMILES string of the molecule is NC(N)=O.NC(N)=O.NC(N)=O.NC(N)=O.O.O.O=S(=O)([O-])[O-].O=S(=O)([O-])[O-].[OH3+].[Th+4]. The van der Waals surface area contributed by atoms with Crippen LogP contribution in [0.1, 0.15) is 0 Å². The van der Waals surface area contributed by atoms with Crippen molar-refractivity contribution in [2.24, 2.45) is 45.9 Å². The van der Waals surface area contributed by atoms with E-state index >= 15 is 0 Å². The minimum atomic E-state index is -5.17. The third-order valence-electron chi connectivity index (χ3n) is 0. The Morgan fingerprint density at radius 1 is 0.467 bits per heavy atom. The molecule has 26 heteroatoms. The molecule has 0 spiro atoms. The summed E-state index contributed by atoms with van der Waals surface area (Å²) in [5.74, 6) is 0. The zero-order valence-corrected chi connectivity index (χ0v) is 20.2. The molecule has 8 amide bonds. The summed E-state index contributed by atoms with van der Waals surface area (Å²) in [6.07, 6.45) is 0. The fourth-order valence-electron chi connectivity index (χ4n) is 0. The van der Waals surface area contributed by atoms with E-state index < -0.39 is 44.9 Å². The standard InChI is InChI=1S/4CH4N2O.2H2O4S.3H2O.Th/c4*2-1(3)4;2*1-5(2,3)4;;;;/h4*(H4,2,3,4);2*(H2,1,2,3,4);3*1H2;/q;;;;;;;;;+4/p-3. The van der Waals surface area contributed by atoms with E-state index in [-0.39, 0.29) is 56.4 Å². The van der Waals surface area contributed by atoms with E-state index in [1.54, 1.807) is 0 Å². The molecule has 0 fully saturated rings. The van der Waals surface area contributed by atoms with Crippen LogP contribution in [-0.4, -0.2) is 70.1 Å². The molecule has 0 rings (SSSR count). The molecule has 0 radical (unpaired) electrons. The first-order valence-corrected chi connectivity index (χ1v) is 7.13. The largest absolute Gasteiger partial charge is 4.00 e. The van der Waals surface area contributed by atoms with Crippen LogP contribution in [0.3, 0.4) is 0 Å². The third-order valence-corrected chi connectivity index (χ3v) is 0. The van der Waals surface area contributed by atoms with Crippen molar-refractivity contribution in [2.75, 3.05) is 0 Å². The van der Waals surface area contributed by atoms with Crippen LogP contribution < -0.4 is 45.9 Å². The van der Waals surface area contributed by atoms with Crippen LogP contribution in [0.25, 0.3) is 0 Å². The second-order valence-electron chi connectivity index (χ2n) is 2.43. The van der Waals surface area contributed by atoms with Gasteiger partial charge in [-0.2, -0.15) is 0 Å². The smallest absolute Gasteiger partial charge is 0.759 e. The van der Waals surface area contributed by atoms with E-state index in [9.17, 15) is 0 Å². The monoisotopic (exact) mass is 719 g/mol. The van der Waals surface area contributed by atoms with E-state index in [2.05, 4.69) is 45.9 Å². The molecular weight excluding hydrogens is 696 g/mol. The van der Waals surface area contributed by atoms with Crippen molar-refractivity contribution in [3.8, 4) is 0 Å². The van der Waals surface area contributed by atoms with E-state index in [1.165, 1.54) is 0 Å². The second kappa shape index (κ2) is 37.7. The van der Waals surface area contributed by atoms with E-state index in [0.29, 0.717) is 0 Å². The number of primary amides is 8. The number of carbonyl (C=O) groups excluding carboxylic acids is 4. The zero-order valence-electron chi connectivity index (χ0n) is 14.4. The topological polar surface area (TPSA) is 533 Å². The van der Waals surface area contributed by atoms with Gasteiger partial charge in [0.25, 0.3) is 0 Å². The average Bonchev–Trinajstić information content (AvgIpc) is 2.03. The number of carbonyl (C=O) groups is 4. The summed E-state index contributed by atoms with van der Waals surface area (Å²) in [5, 5.41) is 0. The number of hydrogen-bond acceptors (Lipinski definition) is 12. The number of hydrogen-bond donors (Lipinski definition) is 8. The molecule has 23 nitrogen and oxygen atoms in total. The molecule has 0 saturated carbocycles. The van der Waals surface area contributed by atoms with Crippen molar-refractivity contribution >= 4 is 44.9 Å². The third kappa shape index (κ3) is 4180. The average molecular weight is 719 g/mol. The molecule has 23 N–H and O–H groups in total. The summed E-state index contributed by atoms with van der Waals surface area (Å²) >= 11 is 0. The van der Waals surface area contributed by atoms with Crippen molar-refractivity contribution in [1.29, 1.82) is 0 Å². The Labute approximate surface area is 200 Å². The van der Waals surface area contributed by atoms with Crippen LogP contribution in [0.4, 0.5) is 19.2 Å². The number of amides is 8. The van der Waals surface area contributed by atoms with Crippen molar-refractivity contribution in [3.63, 3.8) is 0 Å². The molecule has 0 saturated heterocycles. The molecule has 184 valence electrons. The van der Waals surface area contributed by atoms with Gasteiger partial charge in [0.1, 0.15) is 0 Å². The molecule has 0 aromatic carbocycles. The van der Waals surface area contributed by atoms with Crippen molar-refractivity contribution in [3.05, 3.63) is 0 Å². The molecule has 0 unspecified atom stereocenters. The number of nitrogens with two attached hydrogens (primary N) is 8. The zero-order chi connectivity index (χ0) is 23.3. The molecule has 0 aromatic heterocycles. The number of rotatable bonds is 0. The Kier molecular flexibility index (Phi) is 79.2. The Morgan fingerprint density at radius 3 is 0.467 bits per heavy atom. The number of urea groups is 4. The molecule has 0 aliphatic heterocycles. The van der Waals surface area contributed by atoms with Gasteiger partial charge in [-0.25, -0.2) is 19.2 Å². The molecule has 0 atom stereocenters. The molecule has 0 aliphatic carbocycles. The molecule has 0 bridgehead atoms. The van der Waals surface area contributed by atoms with Gasteiger partial charge in [0.15, 0.2) is 0 Å². The van der Waals surface area contributed by atoms with Crippen molar-refractivity contribution < 1.29 is 111 Å². The van der Waals surface area contributed by atoms with Crippen LogP contribution in [-0.2, 0) is 26.3 Å².